The topological polar surface area (TPSA) is 120 Å². The molecule has 4 unspecified atom stereocenters. The summed E-state index contributed by atoms with van der Waals surface area (Å²) in [6.07, 6.45) is 0.838. The SMILES string of the molecule is COc1cc(F)c(OC2CCC(C(N)=O)CC2)cc1C(=O)NC1C2C=CC(C2)C1C(=O)Nc1ccc(F)c(C(F)(F)F)c1. The maximum Gasteiger partial charge on any atom is 0.419 e. The standard InChI is InChI=1S/C30H30F5N3O5/c1-42-23-13-22(32)24(43-18-7-4-14(5-8-18)27(36)39)12-19(23)28(40)38-26-16-3-2-15(10-16)25(26)29(41)37-17-6-9-21(31)20(11-17)30(33,34)35/h2-3,6,9,11-16,18,25-26H,4-5,7-8,10H2,1H3,(H2,36,39)(H,37,41)(H,38,40). The van der Waals surface area contributed by atoms with E-state index < -0.39 is 47.1 Å². The number of rotatable bonds is 8. The van der Waals surface area contributed by atoms with E-state index in [9.17, 15) is 36.3 Å². The highest BCUT2D eigenvalue weighted by atomic mass is 19.4. The van der Waals surface area contributed by atoms with E-state index in [4.69, 9.17) is 15.2 Å². The van der Waals surface area contributed by atoms with E-state index in [-0.39, 0.29) is 52.5 Å². The molecule has 0 aromatic heterocycles. The molecule has 4 atom stereocenters. The van der Waals surface area contributed by atoms with E-state index in [1.807, 2.05) is 12.2 Å². The lowest BCUT2D eigenvalue weighted by atomic mass is 9.87. The summed E-state index contributed by atoms with van der Waals surface area (Å²) >= 11 is 0. The Morgan fingerprint density at radius 3 is 2.28 bits per heavy atom. The number of nitrogens with one attached hydrogen (secondary N) is 2. The van der Waals surface area contributed by atoms with Crippen molar-refractivity contribution in [1.82, 2.24) is 5.32 Å². The third kappa shape index (κ3) is 6.30. The van der Waals surface area contributed by atoms with Crippen LogP contribution in [0.4, 0.5) is 27.6 Å². The van der Waals surface area contributed by atoms with Gasteiger partial charge in [0.1, 0.15) is 11.6 Å². The number of ether oxygens (including phenoxy) is 2. The molecule has 0 saturated heterocycles. The average molecular weight is 608 g/mol. The first-order valence-electron chi connectivity index (χ1n) is 13.9. The Morgan fingerprint density at radius 2 is 1.63 bits per heavy atom. The first-order chi connectivity index (χ1) is 20.3. The van der Waals surface area contributed by atoms with Crippen molar-refractivity contribution in [3.63, 3.8) is 0 Å². The van der Waals surface area contributed by atoms with Crippen molar-refractivity contribution < 1.29 is 45.8 Å². The molecule has 2 fully saturated rings. The van der Waals surface area contributed by atoms with Gasteiger partial charge in [-0.15, -0.1) is 0 Å². The lowest BCUT2D eigenvalue weighted by Gasteiger charge is -2.29. The van der Waals surface area contributed by atoms with Crippen LogP contribution in [-0.4, -0.2) is 37.0 Å². The van der Waals surface area contributed by atoms with Gasteiger partial charge < -0.3 is 25.8 Å². The normalized spacial score (nSPS) is 26.2. The van der Waals surface area contributed by atoms with E-state index in [0.29, 0.717) is 44.2 Å². The first kappa shape index (κ1) is 30.3. The molecule has 3 amide bonds. The number of allylic oxidation sites excluding steroid dienone is 1. The number of carbonyl (C=O) groups excluding carboxylic acids is 3. The zero-order valence-electron chi connectivity index (χ0n) is 23.0. The number of carbonyl (C=O) groups is 3. The van der Waals surface area contributed by atoms with Gasteiger partial charge in [0, 0.05) is 23.7 Å². The van der Waals surface area contributed by atoms with Crippen molar-refractivity contribution >= 4 is 23.4 Å². The van der Waals surface area contributed by atoms with E-state index in [0.717, 1.165) is 12.1 Å². The van der Waals surface area contributed by atoms with Crippen LogP contribution in [0.25, 0.3) is 0 Å². The molecule has 2 aromatic carbocycles. The van der Waals surface area contributed by atoms with Crippen molar-refractivity contribution in [2.24, 2.45) is 29.4 Å². The van der Waals surface area contributed by atoms with Crippen LogP contribution < -0.4 is 25.8 Å². The monoisotopic (exact) mass is 607 g/mol. The van der Waals surface area contributed by atoms with E-state index in [1.165, 1.54) is 13.2 Å². The molecular formula is C30H30F5N3O5. The zero-order valence-corrected chi connectivity index (χ0v) is 23.0. The Labute approximate surface area is 243 Å². The van der Waals surface area contributed by atoms with Crippen LogP contribution in [-0.2, 0) is 15.8 Å². The number of amides is 3. The van der Waals surface area contributed by atoms with E-state index in [2.05, 4.69) is 10.6 Å². The Hall–Kier alpha value is -4.16. The second-order valence-corrected chi connectivity index (χ2v) is 11.1. The van der Waals surface area contributed by atoms with Crippen molar-refractivity contribution in [3.05, 3.63) is 65.2 Å². The Morgan fingerprint density at radius 1 is 0.930 bits per heavy atom. The van der Waals surface area contributed by atoms with Crippen molar-refractivity contribution in [1.29, 1.82) is 0 Å². The average Bonchev–Trinajstić information content (AvgIpc) is 3.56. The summed E-state index contributed by atoms with van der Waals surface area (Å²) in [5.41, 5.74) is 3.60. The number of benzene rings is 2. The number of nitrogens with two attached hydrogens (primary N) is 1. The Balaban J connectivity index is 1.32. The molecule has 43 heavy (non-hydrogen) atoms. The molecule has 3 aliphatic rings. The molecular weight excluding hydrogens is 577 g/mol. The smallest absolute Gasteiger partial charge is 0.419 e. The highest BCUT2D eigenvalue weighted by molar-refractivity contribution is 5.99. The molecule has 2 bridgehead atoms. The van der Waals surface area contributed by atoms with Crippen molar-refractivity contribution in [2.75, 3.05) is 12.4 Å². The number of hydrogen-bond acceptors (Lipinski definition) is 5. The quantitative estimate of drug-likeness (QED) is 0.289. The number of halogens is 5. The largest absolute Gasteiger partial charge is 0.496 e. The minimum Gasteiger partial charge on any atom is -0.496 e. The fraction of sp³-hybridized carbons (Fsp3) is 0.433. The molecule has 13 heteroatoms. The van der Waals surface area contributed by atoms with Crippen LogP contribution in [0.3, 0.4) is 0 Å². The first-order valence-corrected chi connectivity index (χ1v) is 13.9. The summed E-state index contributed by atoms with van der Waals surface area (Å²) in [6, 6.07) is 3.70. The van der Waals surface area contributed by atoms with E-state index in [1.54, 1.807) is 0 Å². The van der Waals surface area contributed by atoms with Crippen LogP contribution in [0.1, 0.15) is 48.0 Å². The van der Waals surface area contributed by atoms with Gasteiger partial charge in [-0.3, -0.25) is 14.4 Å². The van der Waals surface area contributed by atoms with Gasteiger partial charge >= 0.3 is 6.18 Å². The third-order valence-corrected chi connectivity index (χ3v) is 8.47. The van der Waals surface area contributed by atoms with Crippen molar-refractivity contribution in [3.8, 4) is 11.5 Å². The lowest BCUT2D eigenvalue weighted by Crippen LogP contribution is -2.47. The highest BCUT2D eigenvalue weighted by Crippen LogP contribution is 2.45. The lowest BCUT2D eigenvalue weighted by molar-refractivity contribution is -0.140. The molecule has 0 aliphatic heterocycles. The number of anilines is 1. The van der Waals surface area contributed by atoms with E-state index >= 15 is 0 Å². The summed E-state index contributed by atoms with van der Waals surface area (Å²) in [7, 11) is 1.27. The molecule has 0 spiro atoms. The fourth-order valence-electron chi connectivity index (χ4n) is 6.27. The number of alkyl halides is 3. The summed E-state index contributed by atoms with van der Waals surface area (Å²) in [4.78, 5) is 38.3. The molecule has 0 radical (unpaired) electrons. The molecule has 2 saturated carbocycles. The summed E-state index contributed by atoms with van der Waals surface area (Å²) in [5.74, 6) is -5.76. The summed E-state index contributed by atoms with van der Waals surface area (Å²) in [5, 5.41) is 5.26. The third-order valence-electron chi connectivity index (χ3n) is 8.47. The number of hydrogen-bond donors (Lipinski definition) is 3. The van der Waals surface area contributed by atoms with Gasteiger partial charge in [-0.2, -0.15) is 13.2 Å². The molecule has 2 aromatic rings. The van der Waals surface area contributed by atoms with Gasteiger partial charge in [0.2, 0.25) is 11.8 Å². The molecule has 230 valence electrons. The van der Waals surface area contributed by atoms with Crippen LogP contribution >= 0.6 is 0 Å². The maximum atomic E-state index is 14.9. The molecule has 4 N–H and O–H groups in total. The number of primary amides is 1. The second kappa shape index (κ2) is 11.8. The summed E-state index contributed by atoms with van der Waals surface area (Å²) in [6.45, 7) is 0. The highest BCUT2D eigenvalue weighted by Gasteiger charge is 2.49. The molecule has 3 aliphatic carbocycles. The molecule has 8 nitrogen and oxygen atoms in total. The number of methoxy groups -OCH3 is 1. The van der Waals surface area contributed by atoms with Gasteiger partial charge in [-0.1, -0.05) is 12.2 Å². The Kier molecular flexibility index (Phi) is 8.35. The van der Waals surface area contributed by atoms with Gasteiger partial charge in [0.05, 0.1) is 30.3 Å². The van der Waals surface area contributed by atoms with Crippen LogP contribution in [0, 0.1) is 35.3 Å². The van der Waals surface area contributed by atoms with Crippen LogP contribution in [0.5, 0.6) is 11.5 Å². The second-order valence-electron chi connectivity index (χ2n) is 11.1. The molecule has 0 heterocycles. The summed E-state index contributed by atoms with van der Waals surface area (Å²) < 4.78 is 79.3. The predicted molar refractivity (Wildman–Crippen MR) is 144 cm³/mol. The van der Waals surface area contributed by atoms with Gasteiger partial charge in [0.15, 0.2) is 11.6 Å². The fourth-order valence-corrected chi connectivity index (χ4v) is 6.27. The van der Waals surface area contributed by atoms with Crippen LogP contribution in [0.15, 0.2) is 42.5 Å². The van der Waals surface area contributed by atoms with Crippen LogP contribution in [0.2, 0.25) is 0 Å². The van der Waals surface area contributed by atoms with Gasteiger partial charge in [-0.25, -0.2) is 8.78 Å². The predicted octanol–water partition coefficient (Wildman–Crippen LogP) is 4.97. The van der Waals surface area contributed by atoms with Crippen molar-refractivity contribution in [2.45, 2.75) is 50.4 Å². The minimum atomic E-state index is -4.95. The minimum absolute atomic E-state index is 0.0380. The number of fused-ring (bicyclic) bond motifs is 2. The zero-order chi connectivity index (χ0) is 31.1. The Bertz CT molecular complexity index is 1450. The maximum absolute atomic E-state index is 14.9. The molecule has 5 rings (SSSR count). The van der Waals surface area contributed by atoms with Gasteiger partial charge in [0.25, 0.3) is 5.91 Å². The van der Waals surface area contributed by atoms with Gasteiger partial charge in [-0.05, 0) is 68.2 Å².